The number of nitrogens with two attached hydrogens (primary N) is 3. The maximum absolute atomic E-state index is 5.93. The molecule has 1 unspecified atom stereocenters. The fourth-order valence-corrected chi connectivity index (χ4v) is 1.85. The molecule has 0 radical (unpaired) electrons. The lowest BCUT2D eigenvalue weighted by molar-refractivity contribution is 0.553. The molecule has 0 spiro atoms. The second kappa shape index (κ2) is 5.03. The molecule has 1 atom stereocenters. The van der Waals surface area contributed by atoms with Crippen LogP contribution in [0, 0.1) is 0 Å². The van der Waals surface area contributed by atoms with E-state index in [1.807, 2.05) is 12.1 Å². The van der Waals surface area contributed by atoms with Crippen molar-refractivity contribution in [1.82, 2.24) is 20.2 Å². The second-order valence-electron chi connectivity index (χ2n) is 4.12. The van der Waals surface area contributed by atoms with E-state index in [9.17, 15) is 0 Å². The van der Waals surface area contributed by atoms with Gasteiger partial charge in [0.2, 0.25) is 0 Å². The monoisotopic (exact) mass is 247 g/mol. The van der Waals surface area contributed by atoms with Crippen LogP contribution >= 0.6 is 0 Å². The molecule has 0 saturated carbocycles. The van der Waals surface area contributed by atoms with Gasteiger partial charge in [-0.05, 0) is 24.1 Å². The van der Waals surface area contributed by atoms with E-state index in [4.69, 9.17) is 17.3 Å². The lowest BCUT2D eigenvalue weighted by Crippen LogP contribution is -2.30. The molecule has 0 aliphatic carbocycles. The predicted octanol–water partition coefficient (Wildman–Crippen LogP) is -0.273. The number of nitrogens with zero attached hydrogens (tertiary/aromatic N) is 3. The van der Waals surface area contributed by atoms with Gasteiger partial charge in [0.1, 0.15) is 11.6 Å². The van der Waals surface area contributed by atoms with Gasteiger partial charge < -0.3 is 11.5 Å². The Hall–Kier alpha value is -2.12. The SMILES string of the molecule is Cn1ncc(C(Cc2ccnc(N)c2)NN)c1N. The van der Waals surface area contributed by atoms with Crippen LogP contribution in [0.4, 0.5) is 11.6 Å². The highest BCUT2D eigenvalue weighted by atomic mass is 15.3. The maximum atomic E-state index is 5.93. The first-order valence-electron chi connectivity index (χ1n) is 5.55. The molecule has 0 aliphatic heterocycles. The fourth-order valence-electron chi connectivity index (χ4n) is 1.85. The highest BCUT2D eigenvalue weighted by Crippen LogP contribution is 2.22. The molecular weight excluding hydrogens is 230 g/mol. The Balaban J connectivity index is 2.22. The number of hydrogen-bond donors (Lipinski definition) is 4. The van der Waals surface area contributed by atoms with Gasteiger partial charge in [-0.15, -0.1) is 0 Å². The number of rotatable bonds is 4. The van der Waals surface area contributed by atoms with Crippen LogP contribution in [-0.2, 0) is 13.5 Å². The summed E-state index contributed by atoms with van der Waals surface area (Å²) in [5.74, 6) is 6.66. The van der Waals surface area contributed by atoms with Crippen molar-refractivity contribution < 1.29 is 0 Å². The van der Waals surface area contributed by atoms with Crippen LogP contribution in [0.3, 0.4) is 0 Å². The molecule has 2 aromatic heterocycles. The van der Waals surface area contributed by atoms with Crippen LogP contribution in [0.2, 0.25) is 0 Å². The van der Waals surface area contributed by atoms with E-state index in [2.05, 4.69) is 15.5 Å². The third-order valence-corrected chi connectivity index (χ3v) is 2.88. The Kier molecular flexibility index (Phi) is 3.45. The van der Waals surface area contributed by atoms with Crippen LogP contribution in [-0.4, -0.2) is 14.8 Å². The van der Waals surface area contributed by atoms with Crippen molar-refractivity contribution in [2.24, 2.45) is 12.9 Å². The van der Waals surface area contributed by atoms with Gasteiger partial charge in [0.15, 0.2) is 0 Å². The van der Waals surface area contributed by atoms with Gasteiger partial charge in [-0.3, -0.25) is 16.0 Å². The number of hydrazine groups is 1. The van der Waals surface area contributed by atoms with Gasteiger partial charge in [-0.2, -0.15) is 5.10 Å². The molecule has 0 bridgehead atoms. The van der Waals surface area contributed by atoms with Gasteiger partial charge in [0.25, 0.3) is 0 Å². The fraction of sp³-hybridized carbons (Fsp3) is 0.273. The molecule has 18 heavy (non-hydrogen) atoms. The molecule has 0 fully saturated rings. The summed E-state index contributed by atoms with van der Waals surface area (Å²) in [4.78, 5) is 3.95. The zero-order chi connectivity index (χ0) is 13.1. The number of anilines is 2. The quantitative estimate of drug-likeness (QED) is 0.436. The number of nitrogen functional groups attached to an aromatic ring is 2. The largest absolute Gasteiger partial charge is 0.384 e. The van der Waals surface area contributed by atoms with E-state index < -0.39 is 0 Å². The number of aryl methyl sites for hydroxylation is 1. The first-order valence-corrected chi connectivity index (χ1v) is 5.55. The Morgan fingerprint density at radius 2 is 2.22 bits per heavy atom. The molecule has 0 aliphatic rings. The molecule has 2 rings (SSSR count). The predicted molar refractivity (Wildman–Crippen MR) is 70.0 cm³/mol. The summed E-state index contributed by atoms with van der Waals surface area (Å²) in [6.45, 7) is 0. The van der Waals surface area contributed by atoms with E-state index in [0.717, 1.165) is 11.1 Å². The van der Waals surface area contributed by atoms with Crippen LogP contribution in [0.25, 0.3) is 0 Å². The Morgan fingerprint density at radius 3 is 2.78 bits per heavy atom. The molecule has 0 amide bonds. The van der Waals surface area contributed by atoms with Gasteiger partial charge in [-0.1, -0.05) is 0 Å². The van der Waals surface area contributed by atoms with Crippen molar-refractivity contribution in [2.45, 2.75) is 12.5 Å². The first-order chi connectivity index (χ1) is 8.61. The molecule has 7 N–H and O–H groups in total. The summed E-state index contributed by atoms with van der Waals surface area (Å²) in [6.07, 6.45) is 4.05. The van der Waals surface area contributed by atoms with Crippen LogP contribution in [0.1, 0.15) is 17.2 Å². The summed E-state index contributed by atoms with van der Waals surface area (Å²) >= 11 is 0. The second-order valence-corrected chi connectivity index (χ2v) is 4.12. The Labute approximate surface area is 105 Å². The van der Waals surface area contributed by atoms with Crippen molar-refractivity contribution >= 4 is 11.6 Å². The molecule has 96 valence electrons. The lowest BCUT2D eigenvalue weighted by Gasteiger charge is -2.15. The molecule has 0 aromatic carbocycles. The molecule has 2 aromatic rings. The Morgan fingerprint density at radius 1 is 1.44 bits per heavy atom. The lowest BCUT2D eigenvalue weighted by atomic mass is 10.0. The third-order valence-electron chi connectivity index (χ3n) is 2.88. The average molecular weight is 247 g/mol. The van der Waals surface area contributed by atoms with E-state index in [0.29, 0.717) is 18.1 Å². The zero-order valence-corrected chi connectivity index (χ0v) is 10.2. The first kappa shape index (κ1) is 12.3. The summed E-state index contributed by atoms with van der Waals surface area (Å²) in [5, 5.41) is 4.10. The van der Waals surface area contributed by atoms with E-state index in [1.54, 1.807) is 24.1 Å². The minimum absolute atomic E-state index is 0.111. The van der Waals surface area contributed by atoms with Crippen molar-refractivity contribution in [3.05, 3.63) is 35.7 Å². The molecular formula is C11H17N7. The Bertz CT molecular complexity index is 534. The average Bonchev–Trinajstić information content (AvgIpc) is 2.67. The van der Waals surface area contributed by atoms with E-state index in [-0.39, 0.29) is 6.04 Å². The minimum atomic E-state index is -0.111. The number of nitrogens with one attached hydrogen (secondary N) is 1. The number of hydrogen-bond acceptors (Lipinski definition) is 6. The van der Waals surface area contributed by atoms with Crippen molar-refractivity contribution in [3.8, 4) is 0 Å². The smallest absolute Gasteiger partial charge is 0.126 e. The highest BCUT2D eigenvalue weighted by Gasteiger charge is 2.16. The number of pyridine rings is 1. The molecule has 2 heterocycles. The standard InChI is InChI=1S/C11H17N7/c1-18-11(13)8(6-16-18)9(17-14)4-7-2-3-15-10(12)5-7/h2-3,5-6,9,17H,4,13-14H2,1H3,(H2,12,15). The summed E-state index contributed by atoms with van der Waals surface area (Å²) in [5.41, 5.74) is 16.2. The van der Waals surface area contributed by atoms with Gasteiger partial charge in [-0.25, -0.2) is 4.98 Å². The molecule has 7 nitrogen and oxygen atoms in total. The highest BCUT2D eigenvalue weighted by molar-refractivity contribution is 5.42. The van der Waals surface area contributed by atoms with Gasteiger partial charge in [0, 0.05) is 18.8 Å². The topological polar surface area (TPSA) is 121 Å². The van der Waals surface area contributed by atoms with Crippen LogP contribution in [0.15, 0.2) is 24.5 Å². The van der Waals surface area contributed by atoms with E-state index >= 15 is 0 Å². The van der Waals surface area contributed by atoms with Crippen molar-refractivity contribution in [3.63, 3.8) is 0 Å². The summed E-state index contributed by atoms with van der Waals surface area (Å²) in [7, 11) is 1.79. The third kappa shape index (κ3) is 2.41. The molecule has 0 saturated heterocycles. The summed E-state index contributed by atoms with van der Waals surface area (Å²) in [6, 6.07) is 3.60. The van der Waals surface area contributed by atoms with Crippen molar-refractivity contribution in [1.29, 1.82) is 0 Å². The van der Waals surface area contributed by atoms with Gasteiger partial charge in [0.05, 0.1) is 12.2 Å². The van der Waals surface area contributed by atoms with Crippen molar-refractivity contribution in [2.75, 3.05) is 11.5 Å². The minimum Gasteiger partial charge on any atom is -0.384 e. The van der Waals surface area contributed by atoms with Crippen LogP contribution < -0.4 is 22.7 Å². The normalized spacial score (nSPS) is 12.6. The maximum Gasteiger partial charge on any atom is 0.126 e. The number of aromatic nitrogens is 3. The van der Waals surface area contributed by atoms with E-state index in [1.165, 1.54) is 0 Å². The zero-order valence-electron chi connectivity index (χ0n) is 10.2. The van der Waals surface area contributed by atoms with Gasteiger partial charge >= 0.3 is 0 Å². The summed E-state index contributed by atoms with van der Waals surface area (Å²) < 4.78 is 1.61. The molecule has 7 heteroatoms. The van der Waals surface area contributed by atoms with Crippen LogP contribution in [0.5, 0.6) is 0 Å².